The molecule has 0 saturated heterocycles. The number of rotatable bonds is 8. The fourth-order valence-electron chi connectivity index (χ4n) is 12.3. The van der Waals surface area contributed by atoms with Crippen LogP contribution in [0.4, 0.5) is 34.1 Å². The average Bonchev–Trinajstić information content (AvgIpc) is 3.81. The van der Waals surface area contributed by atoms with E-state index in [1.54, 1.807) is 0 Å². The van der Waals surface area contributed by atoms with Gasteiger partial charge in [-0.1, -0.05) is 204 Å². The third-order valence-electron chi connectivity index (χ3n) is 16.0. The van der Waals surface area contributed by atoms with E-state index in [-0.39, 0.29) is 10.8 Å². The van der Waals surface area contributed by atoms with E-state index in [9.17, 15) is 0 Å². The molecule has 3 heteroatoms. The first-order valence-electron chi connectivity index (χ1n) is 25.5. The van der Waals surface area contributed by atoms with Crippen molar-refractivity contribution in [1.29, 1.82) is 0 Å². The zero-order chi connectivity index (χ0) is 49.0. The molecule has 3 nitrogen and oxygen atoms in total. The van der Waals surface area contributed by atoms with Crippen molar-refractivity contribution in [3.63, 3.8) is 0 Å². The Kier molecular flexibility index (Phi) is 9.59. The zero-order valence-corrected chi connectivity index (χ0v) is 41.4. The van der Waals surface area contributed by atoms with Gasteiger partial charge >= 0.3 is 0 Å². The lowest BCUT2D eigenvalue weighted by molar-refractivity contribution is 0.488. The third kappa shape index (κ3) is 6.72. The quantitative estimate of drug-likeness (QED) is 0.151. The average molecular weight is 937 g/mol. The van der Waals surface area contributed by atoms with Gasteiger partial charge in [-0.25, -0.2) is 0 Å². The smallest absolute Gasteiger partial charge is 0.159 e. The molecule has 14 rings (SSSR count). The Morgan fingerprint density at radius 3 is 1.32 bits per heavy atom. The molecule has 0 aromatic heterocycles. The second-order valence-electron chi connectivity index (χ2n) is 20.9. The first kappa shape index (κ1) is 42.9. The summed E-state index contributed by atoms with van der Waals surface area (Å²) in [7, 11) is 0. The van der Waals surface area contributed by atoms with E-state index < -0.39 is 0 Å². The number of nitrogens with zero attached hydrogens (tertiary/aromatic N) is 2. The monoisotopic (exact) mass is 936 g/mol. The molecule has 0 spiro atoms. The fraction of sp³-hybridized carbons (Fsp3) is 0.0857. The lowest BCUT2D eigenvalue weighted by Crippen LogP contribution is -2.17. The molecule has 73 heavy (non-hydrogen) atoms. The first-order chi connectivity index (χ1) is 35.7. The molecule has 0 radical (unpaired) electrons. The number of para-hydroxylation sites is 1. The van der Waals surface area contributed by atoms with Gasteiger partial charge in [-0.05, 0) is 138 Å². The number of ether oxygens (including phenoxy) is 1. The largest absolute Gasteiger partial charge is 0.454 e. The van der Waals surface area contributed by atoms with Crippen LogP contribution in [0.3, 0.4) is 0 Å². The predicted molar refractivity (Wildman–Crippen MR) is 305 cm³/mol. The van der Waals surface area contributed by atoms with Crippen LogP contribution in [0.2, 0.25) is 0 Å². The summed E-state index contributed by atoms with van der Waals surface area (Å²) in [5.74, 6) is 1.65. The minimum atomic E-state index is -0.172. The normalized spacial score (nSPS) is 13.8. The van der Waals surface area contributed by atoms with E-state index in [2.05, 4.69) is 280 Å². The number of anilines is 6. The van der Waals surface area contributed by atoms with Crippen LogP contribution >= 0.6 is 0 Å². The molecular formula is C70H52N2O. The van der Waals surface area contributed by atoms with Crippen LogP contribution in [-0.2, 0) is 10.8 Å². The van der Waals surface area contributed by atoms with E-state index in [1.807, 2.05) is 0 Å². The van der Waals surface area contributed by atoms with Crippen LogP contribution in [-0.4, -0.2) is 0 Å². The molecule has 2 aliphatic carbocycles. The zero-order valence-electron chi connectivity index (χ0n) is 41.4. The van der Waals surface area contributed by atoms with Crippen LogP contribution in [0, 0.1) is 0 Å². The van der Waals surface area contributed by atoms with Crippen molar-refractivity contribution in [2.75, 3.05) is 9.80 Å². The van der Waals surface area contributed by atoms with Crippen LogP contribution in [0.15, 0.2) is 243 Å². The highest BCUT2D eigenvalue weighted by Crippen LogP contribution is 2.57. The molecule has 0 amide bonds. The number of fused-ring (bicyclic) bond motifs is 8. The fourth-order valence-corrected chi connectivity index (χ4v) is 12.3. The van der Waals surface area contributed by atoms with Gasteiger partial charge in [0.05, 0.1) is 11.4 Å². The molecule has 348 valence electrons. The van der Waals surface area contributed by atoms with Crippen LogP contribution in [0.1, 0.15) is 49.9 Å². The standard InChI is InChI=1S/C70H52N2O/c1-69(2)61-26-13-11-22-55(61)57-39-37-52(42-63(57)69)71(50-33-29-47(30-34-50)45-17-7-5-8-18-45)54-41-49-21-15-24-59-60-25-16-28-65(68(60)73-66(44-54)67(49)59)72(51-35-31-48(32-36-51)46-19-9-6-10-20-46)53-38-40-58-56-23-12-14-27-62(56)70(3,4)64(58)43-53/h5-44H,1-4H3. The Labute approximate surface area is 427 Å². The van der Waals surface area contributed by atoms with Crippen molar-refractivity contribution >= 4 is 44.9 Å². The van der Waals surface area contributed by atoms with Gasteiger partial charge in [0.15, 0.2) is 5.75 Å². The highest BCUT2D eigenvalue weighted by atomic mass is 16.5. The van der Waals surface area contributed by atoms with Crippen molar-refractivity contribution in [3.8, 4) is 67.1 Å². The maximum absolute atomic E-state index is 7.50. The molecule has 1 aliphatic heterocycles. The van der Waals surface area contributed by atoms with E-state index in [0.29, 0.717) is 0 Å². The Morgan fingerprint density at radius 2 is 0.740 bits per heavy atom. The Bertz CT molecular complexity index is 3980. The van der Waals surface area contributed by atoms with Crippen LogP contribution < -0.4 is 14.5 Å². The van der Waals surface area contributed by atoms with Crippen molar-refractivity contribution in [2.24, 2.45) is 0 Å². The minimum absolute atomic E-state index is 0.162. The van der Waals surface area contributed by atoms with Crippen molar-refractivity contribution in [2.45, 2.75) is 38.5 Å². The molecule has 0 bridgehead atoms. The van der Waals surface area contributed by atoms with Gasteiger partial charge in [0.2, 0.25) is 0 Å². The molecule has 3 aliphatic rings. The minimum Gasteiger partial charge on any atom is -0.454 e. The first-order valence-corrected chi connectivity index (χ1v) is 25.5. The van der Waals surface area contributed by atoms with E-state index in [1.165, 1.54) is 66.8 Å². The molecule has 0 fully saturated rings. The molecule has 0 saturated carbocycles. The summed E-state index contributed by atoms with van der Waals surface area (Å²) in [5.41, 5.74) is 23.5. The van der Waals surface area contributed by atoms with Gasteiger partial charge in [0, 0.05) is 50.6 Å². The van der Waals surface area contributed by atoms with E-state index in [4.69, 9.17) is 4.74 Å². The third-order valence-corrected chi connectivity index (χ3v) is 16.0. The van der Waals surface area contributed by atoms with Crippen molar-refractivity contribution < 1.29 is 4.74 Å². The lowest BCUT2D eigenvalue weighted by atomic mass is 9.82. The van der Waals surface area contributed by atoms with E-state index >= 15 is 0 Å². The molecule has 11 aromatic rings. The maximum atomic E-state index is 7.50. The van der Waals surface area contributed by atoms with Gasteiger partial charge in [0.25, 0.3) is 0 Å². The summed E-state index contributed by atoms with van der Waals surface area (Å²) in [4.78, 5) is 4.80. The van der Waals surface area contributed by atoms with Gasteiger partial charge in [-0.15, -0.1) is 0 Å². The van der Waals surface area contributed by atoms with E-state index in [0.717, 1.165) is 67.5 Å². The SMILES string of the molecule is CC1(C)c2ccccc2-c2ccc(N(c3ccc(-c4ccccc4)cc3)c3cc4c5c(cccc5c3)-c3cccc(N(c5ccc(-c6ccccc6)cc5)c5ccc6c(c5)C(C)(C)c5ccccc5-6)c3O4)cc21. The number of benzene rings is 11. The highest BCUT2D eigenvalue weighted by molar-refractivity contribution is 6.08. The van der Waals surface area contributed by atoms with Gasteiger partial charge < -0.3 is 14.5 Å². The maximum Gasteiger partial charge on any atom is 0.159 e. The number of hydrogen-bond acceptors (Lipinski definition) is 3. The number of hydrogen-bond donors (Lipinski definition) is 0. The Balaban J connectivity index is 0.934. The summed E-state index contributed by atoms with van der Waals surface area (Å²) in [5, 5.41) is 2.23. The second kappa shape index (κ2) is 16.3. The molecule has 1 heterocycles. The van der Waals surface area contributed by atoms with Gasteiger partial charge in [-0.2, -0.15) is 0 Å². The topological polar surface area (TPSA) is 15.7 Å². The molecule has 0 unspecified atom stereocenters. The summed E-state index contributed by atoms with van der Waals surface area (Å²) < 4.78 is 7.50. The summed E-state index contributed by atoms with van der Waals surface area (Å²) in [6, 6.07) is 88.9. The van der Waals surface area contributed by atoms with Crippen molar-refractivity contribution in [3.05, 3.63) is 265 Å². The van der Waals surface area contributed by atoms with Crippen molar-refractivity contribution in [1.82, 2.24) is 0 Å². The van der Waals surface area contributed by atoms with Crippen LogP contribution in [0.25, 0.3) is 66.4 Å². The lowest BCUT2D eigenvalue weighted by Gasteiger charge is -2.33. The predicted octanol–water partition coefficient (Wildman–Crippen LogP) is 19.5. The summed E-state index contributed by atoms with van der Waals surface area (Å²) in [6.45, 7) is 9.42. The molecular weight excluding hydrogens is 885 g/mol. The Hall–Kier alpha value is -8.92. The second-order valence-corrected chi connectivity index (χ2v) is 20.9. The summed E-state index contributed by atoms with van der Waals surface area (Å²) >= 11 is 0. The van der Waals surface area contributed by atoms with Gasteiger partial charge in [0.1, 0.15) is 5.75 Å². The molecule has 0 atom stereocenters. The van der Waals surface area contributed by atoms with Crippen LogP contribution in [0.5, 0.6) is 11.5 Å². The molecule has 11 aromatic carbocycles. The Morgan fingerprint density at radius 1 is 0.301 bits per heavy atom. The summed E-state index contributed by atoms with van der Waals surface area (Å²) in [6.07, 6.45) is 0. The highest BCUT2D eigenvalue weighted by Gasteiger charge is 2.38. The molecule has 0 N–H and O–H groups in total. The van der Waals surface area contributed by atoms with Gasteiger partial charge in [-0.3, -0.25) is 0 Å².